The number of benzene rings is 1. The van der Waals surface area contributed by atoms with E-state index in [4.69, 9.17) is 5.11 Å². The Hall–Kier alpha value is -1.74. The van der Waals surface area contributed by atoms with Crippen molar-refractivity contribution in [2.75, 3.05) is 6.61 Å². The monoisotopic (exact) mass is 214 g/mol. The molecule has 1 N–H and O–H groups in total. The first-order valence-electron chi connectivity index (χ1n) is 5.35. The van der Waals surface area contributed by atoms with Gasteiger partial charge in [-0.2, -0.15) is 0 Å². The first-order valence-corrected chi connectivity index (χ1v) is 5.35. The summed E-state index contributed by atoms with van der Waals surface area (Å²) in [5.41, 5.74) is 3.39. The average Bonchev–Trinajstić information content (AvgIpc) is 2.38. The molecule has 16 heavy (non-hydrogen) atoms. The van der Waals surface area contributed by atoms with Gasteiger partial charge in [0.1, 0.15) is 6.33 Å². The molecule has 0 radical (unpaired) electrons. The minimum Gasteiger partial charge on any atom is -0.396 e. The molecule has 0 aliphatic carbocycles. The summed E-state index contributed by atoms with van der Waals surface area (Å²) in [5, 5.41) is 8.74. The van der Waals surface area contributed by atoms with Gasteiger partial charge >= 0.3 is 0 Å². The summed E-state index contributed by atoms with van der Waals surface area (Å²) < 4.78 is 0. The largest absolute Gasteiger partial charge is 0.396 e. The first-order chi connectivity index (χ1) is 7.90. The van der Waals surface area contributed by atoms with Crippen LogP contribution in [0.1, 0.15) is 12.0 Å². The molecule has 0 atom stereocenters. The van der Waals surface area contributed by atoms with Gasteiger partial charge in [0.05, 0.1) is 0 Å². The summed E-state index contributed by atoms with van der Waals surface area (Å²) in [6, 6.07) is 8.28. The van der Waals surface area contributed by atoms with E-state index in [0.717, 1.165) is 24.0 Å². The zero-order valence-corrected chi connectivity index (χ0v) is 9.00. The molecule has 0 bridgehead atoms. The molecular formula is C13H14N2O. The fourth-order valence-corrected chi connectivity index (χ4v) is 1.60. The van der Waals surface area contributed by atoms with Gasteiger partial charge in [-0.3, -0.25) is 0 Å². The smallest absolute Gasteiger partial charge is 0.115 e. The molecule has 1 aromatic heterocycles. The number of hydrogen-bond acceptors (Lipinski definition) is 3. The molecule has 2 aromatic rings. The van der Waals surface area contributed by atoms with Crippen LogP contribution in [0.5, 0.6) is 0 Å². The van der Waals surface area contributed by atoms with Crippen molar-refractivity contribution in [3.63, 3.8) is 0 Å². The van der Waals surface area contributed by atoms with Gasteiger partial charge in [0.2, 0.25) is 0 Å². The zero-order valence-electron chi connectivity index (χ0n) is 9.00. The zero-order chi connectivity index (χ0) is 11.2. The Labute approximate surface area is 94.8 Å². The maximum Gasteiger partial charge on any atom is 0.115 e. The van der Waals surface area contributed by atoms with Gasteiger partial charge in [-0.1, -0.05) is 24.3 Å². The highest BCUT2D eigenvalue weighted by Crippen LogP contribution is 2.17. The highest BCUT2D eigenvalue weighted by atomic mass is 16.2. The summed E-state index contributed by atoms with van der Waals surface area (Å²) in [4.78, 5) is 7.98. The number of aliphatic hydroxyl groups is 1. The molecule has 3 nitrogen and oxygen atoms in total. The highest BCUT2D eigenvalue weighted by molar-refractivity contribution is 5.61. The Morgan fingerprint density at radius 2 is 1.62 bits per heavy atom. The van der Waals surface area contributed by atoms with E-state index in [1.54, 1.807) is 12.4 Å². The molecule has 0 aliphatic heterocycles. The van der Waals surface area contributed by atoms with Crippen LogP contribution in [0.3, 0.4) is 0 Å². The molecule has 3 heteroatoms. The summed E-state index contributed by atoms with van der Waals surface area (Å²) in [6.07, 6.45) is 6.86. The number of aromatic nitrogens is 2. The van der Waals surface area contributed by atoms with E-state index in [9.17, 15) is 0 Å². The van der Waals surface area contributed by atoms with Gasteiger partial charge in [-0.15, -0.1) is 0 Å². The summed E-state index contributed by atoms with van der Waals surface area (Å²) in [6.45, 7) is 0.244. The van der Waals surface area contributed by atoms with Crippen LogP contribution in [0.4, 0.5) is 0 Å². The minimum absolute atomic E-state index is 0.244. The van der Waals surface area contributed by atoms with Crippen molar-refractivity contribution in [2.24, 2.45) is 0 Å². The normalized spacial score (nSPS) is 10.3. The van der Waals surface area contributed by atoms with Gasteiger partial charge in [0.15, 0.2) is 0 Å². The van der Waals surface area contributed by atoms with Crippen molar-refractivity contribution in [3.8, 4) is 11.1 Å². The van der Waals surface area contributed by atoms with Gasteiger partial charge in [-0.25, -0.2) is 9.97 Å². The van der Waals surface area contributed by atoms with Crippen molar-refractivity contribution < 1.29 is 5.11 Å². The Balaban J connectivity index is 2.13. The fourth-order valence-electron chi connectivity index (χ4n) is 1.60. The lowest BCUT2D eigenvalue weighted by molar-refractivity contribution is 0.288. The summed E-state index contributed by atoms with van der Waals surface area (Å²) in [7, 11) is 0. The molecule has 1 aromatic carbocycles. The van der Waals surface area contributed by atoms with Crippen LogP contribution < -0.4 is 0 Å². The third kappa shape index (κ3) is 2.64. The Morgan fingerprint density at radius 3 is 2.25 bits per heavy atom. The predicted octanol–water partition coefficient (Wildman–Crippen LogP) is 2.07. The van der Waals surface area contributed by atoms with Crippen LogP contribution in [-0.2, 0) is 6.42 Å². The van der Waals surface area contributed by atoms with E-state index in [1.807, 2.05) is 0 Å². The van der Waals surface area contributed by atoms with E-state index in [-0.39, 0.29) is 6.61 Å². The third-order valence-corrected chi connectivity index (χ3v) is 2.47. The second-order valence-corrected chi connectivity index (χ2v) is 3.65. The number of aliphatic hydroxyl groups excluding tert-OH is 1. The van der Waals surface area contributed by atoms with Gasteiger partial charge < -0.3 is 5.11 Å². The van der Waals surface area contributed by atoms with Crippen molar-refractivity contribution in [1.82, 2.24) is 9.97 Å². The van der Waals surface area contributed by atoms with Gasteiger partial charge in [0, 0.05) is 24.6 Å². The standard InChI is InChI=1S/C13H14N2O/c16-7-1-2-11-3-5-12(6-4-11)13-8-14-10-15-9-13/h3-6,8-10,16H,1-2,7H2. The number of aryl methyl sites for hydroxylation is 1. The lowest BCUT2D eigenvalue weighted by atomic mass is 10.0. The second-order valence-electron chi connectivity index (χ2n) is 3.65. The third-order valence-electron chi connectivity index (χ3n) is 2.47. The summed E-state index contributed by atoms with van der Waals surface area (Å²) >= 11 is 0. The van der Waals surface area contributed by atoms with E-state index >= 15 is 0 Å². The fraction of sp³-hybridized carbons (Fsp3) is 0.231. The molecule has 0 saturated heterocycles. The second kappa shape index (κ2) is 5.37. The van der Waals surface area contributed by atoms with Crippen LogP contribution >= 0.6 is 0 Å². The molecule has 0 amide bonds. The van der Waals surface area contributed by atoms with Crippen molar-refractivity contribution in [1.29, 1.82) is 0 Å². The van der Waals surface area contributed by atoms with Crippen molar-refractivity contribution in [3.05, 3.63) is 48.5 Å². The molecule has 2 rings (SSSR count). The minimum atomic E-state index is 0.244. The Morgan fingerprint density at radius 1 is 0.938 bits per heavy atom. The maximum atomic E-state index is 8.74. The molecule has 0 spiro atoms. The van der Waals surface area contributed by atoms with Crippen LogP contribution in [0.25, 0.3) is 11.1 Å². The molecular weight excluding hydrogens is 200 g/mol. The summed E-state index contributed by atoms with van der Waals surface area (Å²) in [5.74, 6) is 0. The van der Waals surface area contributed by atoms with Gasteiger partial charge in [-0.05, 0) is 24.0 Å². The van der Waals surface area contributed by atoms with Crippen molar-refractivity contribution in [2.45, 2.75) is 12.8 Å². The van der Waals surface area contributed by atoms with E-state index < -0.39 is 0 Å². The van der Waals surface area contributed by atoms with Crippen LogP contribution in [-0.4, -0.2) is 21.7 Å². The molecule has 0 aliphatic rings. The van der Waals surface area contributed by atoms with Crippen LogP contribution in [0.15, 0.2) is 43.0 Å². The lowest BCUT2D eigenvalue weighted by Crippen LogP contribution is -1.89. The van der Waals surface area contributed by atoms with Crippen LogP contribution in [0.2, 0.25) is 0 Å². The number of hydrogen-bond donors (Lipinski definition) is 1. The highest BCUT2D eigenvalue weighted by Gasteiger charge is 1.98. The number of rotatable bonds is 4. The average molecular weight is 214 g/mol. The maximum absolute atomic E-state index is 8.74. The molecule has 0 saturated carbocycles. The predicted molar refractivity (Wildman–Crippen MR) is 62.9 cm³/mol. The molecule has 1 heterocycles. The topological polar surface area (TPSA) is 46.0 Å². The Bertz CT molecular complexity index is 425. The Kier molecular flexibility index (Phi) is 3.62. The van der Waals surface area contributed by atoms with Crippen LogP contribution in [0, 0.1) is 0 Å². The van der Waals surface area contributed by atoms with E-state index in [0.29, 0.717) is 0 Å². The van der Waals surface area contributed by atoms with E-state index in [1.165, 1.54) is 11.9 Å². The number of nitrogens with zero attached hydrogens (tertiary/aromatic N) is 2. The molecule has 0 fully saturated rings. The van der Waals surface area contributed by atoms with Gasteiger partial charge in [0.25, 0.3) is 0 Å². The van der Waals surface area contributed by atoms with E-state index in [2.05, 4.69) is 34.2 Å². The molecule has 0 unspecified atom stereocenters. The molecule has 82 valence electrons. The van der Waals surface area contributed by atoms with Crippen molar-refractivity contribution >= 4 is 0 Å². The quantitative estimate of drug-likeness (QED) is 0.847. The lowest BCUT2D eigenvalue weighted by Gasteiger charge is -2.02. The first kappa shape index (κ1) is 10.8. The SMILES string of the molecule is OCCCc1ccc(-c2cncnc2)cc1.